The Labute approximate surface area is 134 Å². The van der Waals surface area contributed by atoms with Crippen LogP contribution in [0.4, 0.5) is 0 Å². The van der Waals surface area contributed by atoms with Gasteiger partial charge in [0.1, 0.15) is 0 Å². The normalized spacial score (nSPS) is 22.4. The van der Waals surface area contributed by atoms with E-state index in [-0.39, 0.29) is 36.3 Å². The van der Waals surface area contributed by atoms with Crippen LogP contribution in [0.3, 0.4) is 0 Å². The molecule has 0 saturated heterocycles. The number of benzene rings is 1. The van der Waals surface area contributed by atoms with Gasteiger partial charge in [0, 0.05) is 18.0 Å². The van der Waals surface area contributed by atoms with Crippen molar-refractivity contribution < 1.29 is 4.79 Å². The molecule has 118 valence electrons. The third-order valence-electron chi connectivity index (χ3n) is 4.15. The number of carbonyl (C=O) groups excluding carboxylic acids is 1. The minimum atomic E-state index is 0. The highest BCUT2D eigenvalue weighted by molar-refractivity contribution is 5.85. The Morgan fingerprint density at radius 1 is 1.33 bits per heavy atom. The van der Waals surface area contributed by atoms with Gasteiger partial charge in [-0.3, -0.25) is 4.79 Å². The van der Waals surface area contributed by atoms with Crippen LogP contribution in [-0.2, 0) is 11.2 Å². The molecule has 0 aliphatic heterocycles. The van der Waals surface area contributed by atoms with Crippen LogP contribution < -0.4 is 11.1 Å². The van der Waals surface area contributed by atoms with Crippen molar-refractivity contribution in [3.8, 4) is 0 Å². The van der Waals surface area contributed by atoms with E-state index >= 15 is 0 Å². The fourth-order valence-corrected chi connectivity index (χ4v) is 3.05. The minimum absolute atomic E-state index is 0. The molecule has 1 fully saturated rings. The third-order valence-corrected chi connectivity index (χ3v) is 4.15. The van der Waals surface area contributed by atoms with E-state index in [2.05, 4.69) is 36.5 Å². The summed E-state index contributed by atoms with van der Waals surface area (Å²) in [6.45, 7) is 2.16. The van der Waals surface area contributed by atoms with Gasteiger partial charge in [0.2, 0.25) is 5.91 Å². The Bertz CT molecular complexity index is 424. The number of nitrogens with two attached hydrogens (primary N) is 1. The fraction of sp³-hybridized carbons (Fsp3) is 0.588. The topological polar surface area (TPSA) is 55.1 Å². The van der Waals surface area contributed by atoms with E-state index in [9.17, 15) is 4.79 Å². The Morgan fingerprint density at radius 3 is 2.62 bits per heavy atom. The summed E-state index contributed by atoms with van der Waals surface area (Å²) in [4.78, 5) is 12.3. The summed E-state index contributed by atoms with van der Waals surface area (Å²) >= 11 is 0. The lowest BCUT2D eigenvalue weighted by atomic mass is 10.00. The highest BCUT2D eigenvalue weighted by Crippen LogP contribution is 2.24. The van der Waals surface area contributed by atoms with Crippen molar-refractivity contribution in [2.45, 2.75) is 57.5 Å². The van der Waals surface area contributed by atoms with Crippen LogP contribution in [0.1, 0.15) is 44.6 Å². The highest BCUT2D eigenvalue weighted by Gasteiger charge is 2.28. The van der Waals surface area contributed by atoms with Crippen molar-refractivity contribution in [1.29, 1.82) is 0 Å². The van der Waals surface area contributed by atoms with Crippen LogP contribution in [-0.4, -0.2) is 18.0 Å². The molecular formula is C17H27ClN2O. The van der Waals surface area contributed by atoms with Gasteiger partial charge in [-0.1, -0.05) is 43.7 Å². The fourth-order valence-electron chi connectivity index (χ4n) is 3.05. The molecule has 1 aliphatic carbocycles. The summed E-state index contributed by atoms with van der Waals surface area (Å²) in [6.07, 6.45) is 5.79. The van der Waals surface area contributed by atoms with Crippen LogP contribution in [0.2, 0.25) is 0 Å². The molecule has 1 amide bonds. The first-order chi connectivity index (χ1) is 9.69. The standard InChI is InChI=1S/C17H26N2O.ClH/c1-2-6-16(11-13-7-4-3-5-8-13)19-17(20)14-9-10-15(18)12-14;/h3-5,7-8,14-16H,2,6,9-12,18H2,1H3,(H,19,20);1H. The molecule has 0 aromatic heterocycles. The SMILES string of the molecule is CCCC(Cc1ccccc1)NC(=O)C1CCC(N)C1.Cl. The van der Waals surface area contributed by atoms with Gasteiger partial charge in [-0.2, -0.15) is 0 Å². The molecule has 1 aromatic rings. The molecule has 3 N–H and O–H groups in total. The lowest BCUT2D eigenvalue weighted by Crippen LogP contribution is -2.39. The third kappa shape index (κ3) is 5.68. The number of rotatable bonds is 6. The van der Waals surface area contributed by atoms with Crippen LogP contribution in [0.25, 0.3) is 0 Å². The highest BCUT2D eigenvalue weighted by atomic mass is 35.5. The molecule has 1 saturated carbocycles. The lowest BCUT2D eigenvalue weighted by Gasteiger charge is -2.20. The molecule has 2 rings (SSSR count). The van der Waals surface area contributed by atoms with E-state index in [1.807, 2.05) is 6.07 Å². The molecule has 0 radical (unpaired) electrons. The summed E-state index contributed by atoms with van der Waals surface area (Å²) in [7, 11) is 0. The smallest absolute Gasteiger partial charge is 0.223 e. The summed E-state index contributed by atoms with van der Waals surface area (Å²) in [5, 5.41) is 3.23. The molecule has 3 atom stereocenters. The van der Waals surface area contributed by atoms with Gasteiger partial charge in [-0.15, -0.1) is 12.4 Å². The summed E-state index contributed by atoms with van der Waals surface area (Å²) in [5.74, 6) is 0.326. The van der Waals surface area contributed by atoms with Gasteiger partial charge < -0.3 is 11.1 Å². The Balaban J connectivity index is 0.00000220. The van der Waals surface area contributed by atoms with Crippen LogP contribution in [0.15, 0.2) is 30.3 Å². The average molecular weight is 311 g/mol. The molecule has 0 spiro atoms. The summed E-state index contributed by atoms with van der Waals surface area (Å²) in [5.41, 5.74) is 7.18. The van der Waals surface area contributed by atoms with E-state index in [1.54, 1.807) is 0 Å². The van der Waals surface area contributed by atoms with Crippen molar-refractivity contribution in [3.63, 3.8) is 0 Å². The second-order valence-corrected chi connectivity index (χ2v) is 5.95. The molecular weight excluding hydrogens is 284 g/mol. The zero-order chi connectivity index (χ0) is 14.4. The van der Waals surface area contributed by atoms with Crippen molar-refractivity contribution in [2.24, 2.45) is 11.7 Å². The van der Waals surface area contributed by atoms with E-state index in [0.29, 0.717) is 0 Å². The molecule has 1 aliphatic rings. The molecule has 21 heavy (non-hydrogen) atoms. The Kier molecular flexibility index (Phi) is 7.76. The predicted molar refractivity (Wildman–Crippen MR) is 89.5 cm³/mol. The number of nitrogens with one attached hydrogen (secondary N) is 1. The molecule has 4 heteroatoms. The molecule has 0 heterocycles. The van der Waals surface area contributed by atoms with E-state index < -0.39 is 0 Å². The average Bonchev–Trinajstić information content (AvgIpc) is 2.87. The lowest BCUT2D eigenvalue weighted by molar-refractivity contribution is -0.125. The first kappa shape index (κ1) is 18.0. The van der Waals surface area contributed by atoms with Gasteiger partial charge in [0.25, 0.3) is 0 Å². The van der Waals surface area contributed by atoms with Crippen molar-refractivity contribution in [3.05, 3.63) is 35.9 Å². The minimum Gasteiger partial charge on any atom is -0.353 e. The van der Waals surface area contributed by atoms with Gasteiger partial charge >= 0.3 is 0 Å². The van der Waals surface area contributed by atoms with Gasteiger partial charge in [0.15, 0.2) is 0 Å². The maximum Gasteiger partial charge on any atom is 0.223 e. The molecule has 3 unspecified atom stereocenters. The first-order valence-electron chi connectivity index (χ1n) is 7.79. The van der Waals surface area contributed by atoms with E-state index in [4.69, 9.17) is 5.73 Å². The van der Waals surface area contributed by atoms with Crippen molar-refractivity contribution in [2.75, 3.05) is 0 Å². The second kappa shape index (κ2) is 9.06. The van der Waals surface area contributed by atoms with Crippen molar-refractivity contribution >= 4 is 18.3 Å². The predicted octanol–water partition coefficient (Wildman–Crippen LogP) is 3.06. The first-order valence-corrected chi connectivity index (χ1v) is 7.79. The zero-order valence-corrected chi connectivity index (χ0v) is 13.6. The molecule has 0 bridgehead atoms. The maximum absolute atomic E-state index is 12.3. The van der Waals surface area contributed by atoms with Gasteiger partial charge in [-0.25, -0.2) is 0 Å². The Morgan fingerprint density at radius 2 is 2.05 bits per heavy atom. The number of amides is 1. The molecule has 3 nitrogen and oxygen atoms in total. The maximum atomic E-state index is 12.3. The number of halogens is 1. The summed E-state index contributed by atoms with van der Waals surface area (Å²) < 4.78 is 0. The van der Waals surface area contributed by atoms with Crippen LogP contribution in [0, 0.1) is 5.92 Å². The second-order valence-electron chi connectivity index (χ2n) is 5.95. The van der Waals surface area contributed by atoms with Gasteiger partial charge in [-0.05, 0) is 37.7 Å². The summed E-state index contributed by atoms with van der Waals surface area (Å²) in [6, 6.07) is 10.8. The molecule has 1 aromatic carbocycles. The Hall–Kier alpha value is -1.06. The van der Waals surface area contributed by atoms with Gasteiger partial charge in [0.05, 0.1) is 0 Å². The van der Waals surface area contributed by atoms with Crippen LogP contribution in [0.5, 0.6) is 0 Å². The monoisotopic (exact) mass is 310 g/mol. The van der Waals surface area contributed by atoms with E-state index in [0.717, 1.165) is 38.5 Å². The number of hydrogen-bond acceptors (Lipinski definition) is 2. The number of carbonyl (C=O) groups is 1. The van der Waals surface area contributed by atoms with E-state index in [1.165, 1.54) is 5.56 Å². The largest absolute Gasteiger partial charge is 0.353 e. The zero-order valence-electron chi connectivity index (χ0n) is 12.8. The van der Waals surface area contributed by atoms with Crippen molar-refractivity contribution in [1.82, 2.24) is 5.32 Å². The quantitative estimate of drug-likeness (QED) is 0.848. The number of hydrogen-bond donors (Lipinski definition) is 2. The van der Waals surface area contributed by atoms with Crippen LogP contribution >= 0.6 is 12.4 Å².